The second-order valence-corrected chi connectivity index (χ2v) is 5.54. The minimum absolute atomic E-state index is 0.674. The molecule has 0 saturated carbocycles. The van der Waals surface area contributed by atoms with E-state index < -0.39 is 0 Å². The highest BCUT2D eigenvalue weighted by Gasteiger charge is 2.02. The highest BCUT2D eigenvalue weighted by molar-refractivity contribution is 5.24. The molecule has 0 spiro atoms. The van der Waals surface area contributed by atoms with Crippen molar-refractivity contribution in [1.82, 2.24) is 10.3 Å². The van der Waals surface area contributed by atoms with E-state index in [1.165, 1.54) is 18.4 Å². The van der Waals surface area contributed by atoms with E-state index in [4.69, 9.17) is 4.74 Å². The van der Waals surface area contributed by atoms with Crippen molar-refractivity contribution < 1.29 is 4.74 Å². The minimum atomic E-state index is 0.674. The summed E-state index contributed by atoms with van der Waals surface area (Å²) < 4.78 is 5.72. The molecule has 0 radical (unpaired) electrons. The standard InChI is InChI=1S/C16H28N2O/c1-5-6-7-8-19-16-10-15(9-14(4)18-16)12-17-11-13(2)3/h9-10,13,17H,5-8,11-12H2,1-4H3. The van der Waals surface area contributed by atoms with E-state index in [1.807, 2.05) is 13.0 Å². The molecule has 0 fully saturated rings. The van der Waals surface area contributed by atoms with Gasteiger partial charge < -0.3 is 10.1 Å². The van der Waals surface area contributed by atoms with Gasteiger partial charge in [-0.3, -0.25) is 0 Å². The third-order valence-corrected chi connectivity index (χ3v) is 2.87. The van der Waals surface area contributed by atoms with E-state index >= 15 is 0 Å². The monoisotopic (exact) mass is 264 g/mol. The summed E-state index contributed by atoms with van der Waals surface area (Å²) in [6, 6.07) is 4.17. The van der Waals surface area contributed by atoms with Gasteiger partial charge in [-0.15, -0.1) is 0 Å². The molecule has 108 valence electrons. The number of aryl methyl sites for hydroxylation is 1. The maximum absolute atomic E-state index is 5.72. The van der Waals surface area contributed by atoms with Crippen molar-refractivity contribution in [2.24, 2.45) is 5.92 Å². The average molecular weight is 264 g/mol. The van der Waals surface area contributed by atoms with Crippen LogP contribution in [0.1, 0.15) is 51.3 Å². The predicted molar refractivity (Wildman–Crippen MR) is 80.5 cm³/mol. The van der Waals surface area contributed by atoms with Crippen LogP contribution in [0, 0.1) is 12.8 Å². The van der Waals surface area contributed by atoms with Crippen molar-refractivity contribution in [3.8, 4) is 5.88 Å². The van der Waals surface area contributed by atoms with Crippen LogP contribution in [0.15, 0.2) is 12.1 Å². The lowest BCUT2D eigenvalue weighted by Crippen LogP contribution is -2.19. The summed E-state index contributed by atoms with van der Waals surface area (Å²) in [6.45, 7) is 11.3. The van der Waals surface area contributed by atoms with Crippen molar-refractivity contribution in [1.29, 1.82) is 0 Å². The number of hydrogen-bond donors (Lipinski definition) is 1. The molecule has 1 N–H and O–H groups in total. The van der Waals surface area contributed by atoms with Gasteiger partial charge in [0.25, 0.3) is 0 Å². The molecular weight excluding hydrogens is 236 g/mol. The average Bonchev–Trinajstić information content (AvgIpc) is 2.34. The van der Waals surface area contributed by atoms with Crippen molar-refractivity contribution in [3.05, 3.63) is 23.4 Å². The molecule has 3 heteroatoms. The first-order valence-electron chi connectivity index (χ1n) is 7.43. The van der Waals surface area contributed by atoms with Gasteiger partial charge in [0.2, 0.25) is 5.88 Å². The molecule has 1 aromatic rings. The Kier molecular flexibility index (Phi) is 7.49. The Morgan fingerprint density at radius 2 is 2.05 bits per heavy atom. The van der Waals surface area contributed by atoms with Gasteiger partial charge in [0, 0.05) is 18.3 Å². The Hall–Kier alpha value is -1.09. The molecule has 1 aromatic heterocycles. The molecule has 0 bridgehead atoms. The molecule has 0 aliphatic rings. The topological polar surface area (TPSA) is 34.1 Å². The highest BCUT2D eigenvalue weighted by atomic mass is 16.5. The molecule has 1 rings (SSSR count). The van der Waals surface area contributed by atoms with Crippen LogP contribution in [0.4, 0.5) is 0 Å². The first-order valence-corrected chi connectivity index (χ1v) is 7.43. The summed E-state index contributed by atoms with van der Waals surface area (Å²) in [5.74, 6) is 1.44. The van der Waals surface area contributed by atoms with Crippen LogP contribution in [-0.4, -0.2) is 18.1 Å². The van der Waals surface area contributed by atoms with E-state index in [0.717, 1.165) is 37.7 Å². The van der Waals surface area contributed by atoms with E-state index in [0.29, 0.717) is 5.92 Å². The van der Waals surface area contributed by atoms with Crippen LogP contribution in [-0.2, 0) is 6.54 Å². The number of ether oxygens (including phenoxy) is 1. The van der Waals surface area contributed by atoms with Gasteiger partial charge >= 0.3 is 0 Å². The zero-order valence-electron chi connectivity index (χ0n) is 12.8. The largest absolute Gasteiger partial charge is 0.478 e. The van der Waals surface area contributed by atoms with Gasteiger partial charge in [-0.25, -0.2) is 4.98 Å². The maximum atomic E-state index is 5.72. The Bertz CT molecular complexity index is 364. The number of rotatable bonds is 9. The Morgan fingerprint density at radius 1 is 1.26 bits per heavy atom. The molecular formula is C16H28N2O. The van der Waals surface area contributed by atoms with Gasteiger partial charge in [-0.2, -0.15) is 0 Å². The van der Waals surface area contributed by atoms with Gasteiger partial charge in [0.15, 0.2) is 0 Å². The normalized spacial score (nSPS) is 11.0. The molecule has 1 heterocycles. The van der Waals surface area contributed by atoms with Crippen molar-refractivity contribution in [2.45, 2.75) is 53.5 Å². The quantitative estimate of drug-likeness (QED) is 0.690. The number of nitrogens with one attached hydrogen (secondary N) is 1. The number of aromatic nitrogens is 1. The fourth-order valence-electron chi connectivity index (χ4n) is 1.92. The Labute approximate surface area is 117 Å². The lowest BCUT2D eigenvalue weighted by Gasteiger charge is -2.10. The summed E-state index contributed by atoms with van der Waals surface area (Å²) in [5, 5.41) is 3.45. The number of pyridine rings is 1. The van der Waals surface area contributed by atoms with Crippen molar-refractivity contribution in [2.75, 3.05) is 13.2 Å². The highest BCUT2D eigenvalue weighted by Crippen LogP contribution is 2.13. The molecule has 0 aromatic carbocycles. The van der Waals surface area contributed by atoms with Crippen LogP contribution in [0.5, 0.6) is 5.88 Å². The molecule has 3 nitrogen and oxygen atoms in total. The molecule has 0 aliphatic carbocycles. The summed E-state index contributed by atoms with van der Waals surface area (Å²) in [4.78, 5) is 4.42. The molecule has 0 amide bonds. The van der Waals surface area contributed by atoms with Gasteiger partial charge in [0.05, 0.1) is 6.61 Å². The Balaban J connectivity index is 2.46. The summed E-state index contributed by atoms with van der Waals surface area (Å²) in [7, 11) is 0. The zero-order valence-corrected chi connectivity index (χ0v) is 12.8. The van der Waals surface area contributed by atoms with E-state index in [-0.39, 0.29) is 0 Å². The summed E-state index contributed by atoms with van der Waals surface area (Å²) in [5.41, 5.74) is 2.27. The van der Waals surface area contributed by atoms with E-state index in [2.05, 4.69) is 37.1 Å². The zero-order chi connectivity index (χ0) is 14.1. The summed E-state index contributed by atoms with van der Waals surface area (Å²) in [6.07, 6.45) is 3.54. The number of hydrogen-bond acceptors (Lipinski definition) is 3. The molecule has 0 saturated heterocycles. The smallest absolute Gasteiger partial charge is 0.213 e. The number of nitrogens with zero attached hydrogens (tertiary/aromatic N) is 1. The lowest BCUT2D eigenvalue weighted by molar-refractivity contribution is 0.294. The Morgan fingerprint density at radius 3 is 2.74 bits per heavy atom. The van der Waals surface area contributed by atoms with E-state index in [9.17, 15) is 0 Å². The molecule has 0 atom stereocenters. The third kappa shape index (κ3) is 7.16. The number of unbranched alkanes of at least 4 members (excludes halogenated alkanes) is 2. The SMILES string of the molecule is CCCCCOc1cc(CNCC(C)C)cc(C)n1. The fraction of sp³-hybridized carbons (Fsp3) is 0.688. The second kappa shape index (κ2) is 8.92. The van der Waals surface area contributed by atoms with Crippen LogP contribution < -0.4 is 10.1 Å². The van der Waals surface area contributed by atoms with Crippen LogP contribution >= 0.6 is 0 Å². The first kappa shape index (κ1) is 16.0. The van der Waals surface area contributed by atoms with E-state index in [1.54, 1.807) is 0 Å². The lowest BCUT2D eigenvalue weighted by atomic mass is 10.2. The van der Waals surface area contributed by atoms with Gasteiger partial charge in [-0.1, -0.05) is 33.6 Å². The third-order valence-electron chi connectivity index (χ3n) is 2.87. The predicted octanol–water partition coefficient (Wildman–Crippen LogP) is 3.70. The van der Waals surface area contributed by atoms with Crippen LogP contribution in [0.2, 0.25) is 0 Å². The fourth-order valence-corrected chi connectivity index (χ4v) is 1.92. The van der Waals surface area contributed by atoms with Crippen molar-refractivity contribution >= 4 is 0 Å². The maximum Gasteiger partial charge on any atom is 0.213 e. The van der Waals surface area contributed by atoms with Crippen molar-refractivity contribution in [3.63, 3.8) is 0 Å². The first-order chi connectivity index (χ1) is 9.11. The molecule has 19 heavy (non-hydrogen) atoms. The van der Waals surface area contributed by atoms with Gasteiger partial charge in [-0.05, 0) is 37.4 Å². The second-order valence-electron chi connectivity index (χ2n) is 5.54. The summed E-state index contributed by atoms with van der Waals surface area (Å²) >= 11 is 0. The van der Waals surface area contributed by atoms with Crippen LogP contribution in [0.25, 0.3) is 0 Å². The minimum Gasteiger partial charge on any atom is -0.478 e. The molecule has 0 unspecified atom stereocenters. The van der Waals surface area contributed by atoms with Gasteiger partial charge in [0.1, 0.15) is 0 Å². The van der Waals surface area contributed by atoms with Crippen LogP contribution in [0.3, 0.4) is 0 Å². The molecule has 0 aliphatic heterocycles.